The van der Waals surface area contributed by atoms with Crippen LogP contribution >= 0.6 is 11.6 Å². The maximum Gasteiger partial charge on any atom is 0.165 e. The molecular formula is C12H11ClN2O2. The van der Waals surface area contributed by atoms with E-state index in [2.05, 4.69) is 10.9 Å². The smallest absolute Gasteiger partial charge is 0.165 e. The summed E-state index contributed by atoms with van der Waals surface area (Å²) >= 11 is 5.94. The van der Waals surface area contributed by atoms with Gasteiger partial charge in [0.2, 0.25) is 0 Å². The summed E-state index contributed by atoms with van der Waals surface area (Å²) in [5, 5.41) is 0.433. The zero-order valence-corrected chi connectivity index (χ0v) is 9.91. The number of benzene rings is 1. The monoisotopic (exact) mass is 250 g/mol. The molecule has 0 radical (unpaired) electrons. The zero-order chi connectivity index (χ0) is 12.3. The largest absolute Gasteiger partial charge is 0.453 e. The van der Waals surface area contributed by atoms with Gasteiger partial charge in [0.25, 0.3) is 0 Å². The molecule has 1 aliphatic rings. The highest BCUT2D eigenvalue weighted by molar-refractivity contribution is 6.31. The van der Waals surface area contributed by atoms with Crippen LogP contribution in [0.3, 0.4) is 0 Å². The number of hydrazine groups is 1. The highest BCUT2D eigenvalue weighted by Crippen LogP contribution is 2.25. The maximum absolute atomic E-state index is 11.4. The molecule has 0 aliphatic carbocycles. The third-order valence-corrected chi connectivity index (χ3v) is 2.50. The maximum atomic E-state index is 11.4. The van der Waals surface area contributed by atoms with Crippen molar-refractivity contribution in [3.05, 3.63) is 53.0 Å². The standard InChI is InChI=1S/C12H11ClN2O2/c1-8(16)9-4-2-3-5-11(9)17-12-7-15-14-6-10(12)13/h2-7,14-15H,1H3. The number of carbonyl (C=O) groups is 1. The number of rotatable bonds is 3. The molecule has 0 bridgehead atoms. The molecule has 4 nitrogen and oxygen atoms in total. The van der Waals surface area contributed by atoms with Crippen molar-refractivity contribution >= 4 is 17.4 Å². The first-order chi connectivity index (χ1) is 8.18. The van der Waals surface area contributed by atoms with Gasteiger partial charge in [0.1, 0.15) is 10.8 Å². The van der Waals surface area contributed by atoms with Crippen LogP contribution in [0.5, 0.6) is 5.75 Å². The average Bonchev–Trinajstić information content (AvgIpc) is 2.32. The van der Waals surface area contributed by atoms with Gasteiger partial charge in [-0.25, -0.2) is 0 Å². The number of ether oxygens (including phenoxy) is 1. The fourth-order valence-corrected chi connectivity index (χ4v) is 1.54. The normalized spacial score (nSPS) is 14.0. The van der Waals surface area contributed by atoms with Crippen LogP contribution in [-0.2, 0) is 0 Å². The number of para-hydroxylation sites is 1. The fourth-order valence-electron chi connectivity index (χ4n) is 1.40. The zero-order valence-electron chi connectivity index (χ0n) is 9.16. The summed E-state index contributed by atoms with van der Waals surface area (Å²) in [6, 6.07) is 7.03. The van der Waals surface area contributed by atoms with Gasteiger partial charge >= 0.3 is 0 Å². The Balaban J connectivity index is 2.27. The van der Waals surface area contributed by atoms with Gasteiger partial charge in [-0.15, -0.1) is 0 Å². The van der Waals surface area contributed by atoms with E-state index in [0.717, 1.165) is 0 Å². The van der Waals surface area contributed by atoms with Crippen molar-refractivity contribution in [1.82, 2.24) is 10.9 Å². The summed E-state index contributed by atoms with van der Waals surface area (Å²) in [6.07, 6.45) is 3.15. The molecule has 1 aromatic rings. The SMILES string of the molecule is CC(=O)c1ccccc1OC1=CNNC=C1Cl. The Morgan fingerprint density at radius 1 is 1.24 bits per heavy atom. The van der Waals surface area contributed by atoms with Gasteiger partial charge in [0.15, 0.2) is 11.5 Å². The number of hydrogen-bond acceptors (Lipinski definition) is 4. The van der Waals surface area contributed by atoms with Crippen molar-refractivity contribution in [2.75, 3.05) is 0 Å². The van der Waals surface area contributed by atoms with Crippen LogP contribution in [0.25, 0.3) is 0 Å². The van der Waals surface area contributed by atoms with Crippen LogP contribution < -0.4 is 15.6 Å². The summed E-state index contributed by atoms with van der Waals surface area (Å²) in [5.41, 5.74) is 6.00. The minimum atomic E-state index is -0.0526. The Morgan fingerprint density at radius 2 is 1.94 bits per heavy atom. The molecule has 5 heteroatoms. The number of nitrogens with one attached hydrogen (secondary N) is 2. The highest BCUT2D eigenvalue weighted by Gasteiger charge is 2.13. The number of hydrogen-bond donors (Lipinski definition) is 2. The van der Waals surface area contributed by atoms with E-state index in [4.69, 9.17) is 16.3 Å². The van der Waals surface area contributed by atoms with E-state index in [1.54, 1.807) is 36.7 Å². The molecule has 1 heterocycles. The fraction of sp³-hybridized carbons (Fsp3) is 0.0833. The second-order valence-electron chi connectivity index (χ2n) is 3.44. The first-order valence-electron chi connectivity index (χ1n) is 5.03. The van der Waals surface area contributed by atoms with Gasteiger partial charge in [-0.3, -0.25) is 4.79 Å². The molecule has 0 saturated heterocycles. The Kier molecular flexibility index (Phi) is 3.35. The first-order valence-corrected chi connectivity index (χ1v) is 5.41. The summed E-state index contributed by atoms with van der Waals surface area (Å²) in [4.78, 5) is 11.4. The van der Waals surface area contributed by atoms with Gasteiger partial charge < -0.3 is 15.6 Å². The van der Waals surface area contributed by atoms with Crippen molar-refractivity contribution in [2.45, 2.75) is 6.92 Å². The van der Waals surface area contributed by atoms with Crippen molar-refractivity contribution in [3.63, 3.8) is 0 Å². The Hall–Kier alpha value is -1.94. The second-order valence-corrected chi connectivity index (χ2v) is 3.85. The van der Waals surface area contributed by atoms with E-state index in [9.17, 15) is 4.79 Å². The van der Waals surface area contributed by atoms with Crippen LogP contribution in [-0.4, -0.2) is 5.78 Å². The molecular weight excluding hydrogens is 240 g/mol. The Labute approximate surface area is 104 Å². The number of ketones is 1. The molecule has 0 fully saturated rings. The summed E-state index contributed by atoms with van der Waals surface area (Å²) in [6.45, 7) is 1.49. The van der Waals surface area contributed by atoms with Crippen LogP contribution in [0.1, 0.15) is 17.3 Å². The molecule has 0 unspecified atom stereocenters. The molecule has 2 N–H and O–H groups in total. The number of carbonyl (C=O) groups excluding carboxylic acids is 1. The lowest BCUT2D eigenvalue weighted by Gasteiger charge is -2.15. The second kappa shape index (κ2) is 4.93. The first kappa shape index (κ1) is 11.5. The van der Waals surface area contributed by atoms with E-state index in [1.165, 1.54) is 6.92 Å². The molecule has 0 spiro atoms. The molecule has 0 amide bonds. The van der Waals surface area contributed by atoms with E-state index in [-0.39, 0.29) is 5.78 Å². The average molecular weight is 251 g/mol. The predicted molar refractivity (Wildman–Crippen MR) is 65.4 cm³/mol. The van der Waals surface area contributed by atoms with Crippen LogP contribution in [0, 0.1) is 0 Å². The lowest BCUT2D eigenvalue weighted by atomic mass is 10.1. The van der Waals surface area contributed by atoms with E-state index in [1.807, 2.05) is 0 Å². The third-order valence-electron chi connectivity index (χ3n) is 2.21. The number of Topliss-reactive ketones (excluding diaryl/α,β-unsaturated/α-hetero) is 1. The molecule has 88 valence electrons. The van der Waals surface area contributed by atoms with Crippen molar-refractivity contribution < 1.29 is 9.53 Å². The van der Waals surface area contributed by atoms with Gasteiger partial charge in [-0.05, 0) is 19.1 Å². The molecule has 17 heavy (non-hydrogen) atoms. The van der Waals surface area contributed by atoms with Crippen molar-refractivity contribution in [2.24, 2.45) is 0 Å². The molecule has 1 aromatic carbocycles. The highest BCUT2D eigenvalue weighted by atomic mass is 35.5. The van der Waals surface area contributed by atoms with Crippen LogP contribution in [0.2, 0.25) is 0 Å². The quantitative estimate of drug-likeness (QED) is 0.809. The van der Waals surface area contributed by atoms with Crippen molar-refractivity contribution in [1.29, 1.82) is 0 Å². The Bertz CT molecular complexity index is 509. The van der Waals surface area contributed by atoms with E-state index < -0.39 is 0 Å². The molecule has 0 saturated carbocycles. The third kappa shape index (κ3) is 2.60. The molecule has 1 aliphatic heterocycles. The minimum Gasteiger partial charge on any atom is -0.453 e. The molecule has 0 aromatic heterocycles. The van der Waals surface area contributed by atoms with E-state index in [0.29, 0.717) is 22.1 Å². The molecule has 0 atom stereocenters. The summed E-state index contributed by atoms with van der Waals surface area (Å²) < 4.78 is 5.60. The minimum absolute atomic E-state index is 0.0526. The van der Waals surface area contributed by atoms with E-state index >= 15 is 0 Å². The topological polar surface area (TPSA) is 50.4 Å². The van der Waals surface area contributed by atoms with Gasteiger partial charge in [0, 0.05) is 6.20 Å². The lowest BCUT2D eigenvalue weighted by Crippen LogP contribution is -2.26. The summed E-state index contributed by atoms with van der Waals surface area (Å²) in [7, 11) is 0. The molecule has 2 rings (SSSR count). The predicted octanol–water partition coefficient (Wildman–Crippen LogP) is 2.30. The van der Waals surface area contributed by atoms with Crippen LogP contribution in [0.4, 0.5) is 0 Å². The van der Waals surface area contributed by atoms with Gasteiger partial charge in [-0.1, -0.05) is 23.7 Å². The number of halogens is 1. The number of allylic oxidation sites excluding steroid dienone is 1. The Morgan fingerprint density at radius 3 is 2.65 bits per heavy atom. The van der Waals surface area contributed by atoms with Gasteiger partial charge in [-0.2, -0.15) is 0 Å². The lowest BCUT2D eigenvalue weighted by molar-refractivity contribution is 0.101. The summed E-state index contributed by atoms with van der Waals surface area (Å²) in [5.74, 6) is 0.892. The van der Waals surface area contributed by atoms with Crippen LogP contribution in [0.15, 0.2) is 47.5 Å². The van der Waals surface area contributed by atoms with Gasteiger partial charge in [0.05, 0.1) is 11.8 Å². The van der Waals surface area contributed by atoms with Crippen molar-refractivity contribution in [3.8, 4) is 5.75 Å².